The molecule has 1 aromatic carbocycles. The molecule has 0 bridgehead atoms. The summed E-state index contributed by atoms with van der Waals surface area (Å²) in [5.41, 5.74) is -0.425. The molecule has 2 aliphatic heterocycles. The first kappa shape index (κ1) is 28.0. The lowest BCUT2D eigenvalue weighted by Crippen LogP contribution is -2.61. The molecular weight excluding hydrogens is 504 g/mol. The smallest absolute Gasteiger partial charge is 0.337 e. The summed E-state index contributed by atoms with van der Waals surface area (Å²) in [6.07, 6.45) is -4.23. The van der Waals surface area contributed by atoms with Crippen LogP contribution < -0.4 is 0 Å². The van der Waals surface area contributed by atoms with E-state index in [1.807, 2.05) is 0 Å². The number of benzene rings is 1. The highest BCUT2D eigenvalue weighted by atomic mass is 16.8. The van der Waals surface area contributed by atoms with Crippen molar-refractivity contribution in [3.8, 4) is 5.75 Å². The Balaban J connectivity index is 1.44. The Morgan fingerprint density at radius 1 is 1.16 bits per heavy atom. The number of hydrogen-bond acceptors (Lipinski definition) is 12. The van der Waals surface area contributed by atoms with Gasteiger partial charge in [-0.1, -0.05) is 12.1 Å². The van der Waals surface area contributed by atoms with Crippen LogP contribution in [0.25, 0.3) is 6.08 Å². The third-order valence-electron chi connectivity index (χ3n) is 7.20. The molecule has 1 aromatic rings. The Morgan fingerprint density at radius 2 is 1.87 bits per heavy atom. The number of aliphatic hydroxyl groups excluding tert-OH is 3. The van der Waals surface area contributed by atoms with Crippen LogP contribution in [0.1, 0.15) is 25.3 Å². The van der Waals surface area contributed by atoms with Crippen molar-refractivity contribution in [2.24, 2.45) is 11.8 Å². The van der Waals surface area contributed by atoms with Crippen LogP contribution in [-0.4, -0.2) is 93.8 Å². The topological polar surface area (TPSA) is 181 Å². The second kappa shape index (κ2) is 11.4. The lowest BCUT2D eigenvalue weighted by molar-refractivity contribution is -0.346. The molecule has 1 unspecified atom stereocenters. The summed E-state index contributed by atoms with van der Waals surface area (Å²) in [5, 5.41) is 51.6. The van der Waals surface area contributed by atoms with Gasteiger partial charge >= 0.3 is 11.9 Å². The van der Waals surface area contributed by atoms with E-state index in [1.165, 1.54) is 31.6 Å². The van der Waals surface area contributed by atoms with Crippen molar-refractivity contribution in [3.63, 3.8) is 0 Å². The third kappa shape index (κ3) is 5.70. The van der Waals surface area contributed by atoms with E-state index in [-0.39, 0.29) is 11.3 Å². The number of hydrogen-bond donors (Lipinski definition) is 5. The Morgan fingerprint density at radius 3 is 2.53 bits per heavy atom. The lowest BCUT2D eigenvalue weighted by atomic mass is 9.81. The molecular formula is C26H32O12. The Labute approximate surface area is 218 Å². The molecule has 2 fully saturated rings. The summed E-state index contributed by atoms with van der Waals surface area (Å²) < 4.78 is 27.1. The van der Waals surface area contributed by atoms with Gasteiger partial charge in [0.2, 0.25) is 6.29 Å². The zero-order chi connectivity index (χ0) is 27.6. The monoisotopic (exact) mass is 536 g/mol. The first-order valence-electron chi connectivity index (χ1n) is 12.2. The zero-order valence-electron chi connectivity index (χ0n) is 20.9. The van der Waals surface area contributed by atoms with E-state index in [4.69, 9.17) is 23.7 Å². The number of aliphatic hydroxyl groups is 4. The summed E-state index contributed by atoms with van der Waals surface area (Å²) in [6, 6.07) is 6.03. The average Bonchev–Trinajstić information content (AvgIpc) is 3.23. The number of phenols is 1. The van der Waals surface area contributed by atoms with Gasteiger partial charge in [-0.15, -0.1) is 0 Å². The van der Waals surface area contributed by atoms with E-state index < -0.39 is 73.0 Å². The number of ether oxygens (including phenoxy) is 5. The fourth-order valence-corrected chi connectivity index (χ4v) is 5.17. The number of esters is 2. The highest BCUT2D eigenvalue weighted by molar-refractivity contribution is 5.89. The first-order valence-corrected chi connectivity index (χ1v) is 12.2. The van der Waals surface area contributed by atoms with Crippen LogP contribution in [0, 0.1) is 11.8 Å². The Kier molecular flexibility index (Phi) is 8.40. The largest absolute Gasteiger partial charge is 0.508 e. The fraction of sp³-hybridized carbons (Fsp3) is 0.538. The van der Waals surface area contributed by atoms with Gasteiger partial charge in [0.25, 0.3) is 0 Å². The SMILES string of the molecule is COC(=O)C1=CO[C@@H](O[C@@H]2O[C@H](CO)[C@@H](OC(=O)C=Cc3ccc(O)cc3)[C@H](O)[C@H]2O)[C@H]2[C@@H]1CCC2(C)O. The minimum Gasteiger partial charge on any atom is -0.508 e. The van der Waals surface area contributed by atoms with Crippen molar-refractivity contribution in [1.82, 2.24) is 0 Å². The van der Waals surface area contributed by atoms with Crippen LogP contribution >= 0.6 is 0 Å². The molecule has 9 atom stereocenters. The van der Waals surface area contributed by atoms with Gasteiger partial charge in [-0.3, -0.25) is 0 Å². The molecule has 208 valence electrons. The van der Waals surface area contributed by atoms with Crippen LogP contribution in [0.4, 0.5) is 0 Å². The van der Waals surface area contributed by atoms with Crippen LogP contribution in [0.2, 0.25) is 0 Å². The van der Waals surface area contributed by atoms with E-state index in [0.717, 1.165) is 6.08 Å². The molecule has 4 rings (SSSR count). The van der Waals surface area contributed by atoms with E-state index in [1.54, 1.807) is 19.1 Å². The number of fused-ring (bicyclic) bond motifs is 1. The lowest BCUT2D eigenvalue weighted by Gasteiger charge is -2.44. The van der Waals surface area contributed by atoms with Gasteiger partial charge in [-0.2, -0.15) is 0 Å². The van der Waals surface area contributed by atoms with Gasteiger partial charge in [-0.05, 0) is 43.5 Å². The molecule has 0 aromatic heterocycles. The van der Waals surface area contributed by atoms with Crippen LogP contribution in [-0.2, 0) is 33.3 Å². The summed E-state index contributed by atoms with van der Waals surface area (Å²) in [5.74, 6) is -2.55. The van der Waals surface area contributed by atoms with Gasteiger partial charge in [0.1, 0.15) is 24.1 Å². The predicted molar refractivity (Wildman–Crippen MR) is 128 cm³/mol. The molecule has 0 amide bonds. The van der Waals surface area contributed by atoms with Gasteiger partial charge in [0.05, 0.1) is 37.1 Å². The molecule has 12 nitrogen and oxygen atoms in total. The quantitative estimate of drug-likeness (QED) is 0.232. The number of rotatable bonds is 7. The molecule has 1 saturated carbocycles. The molecule has 2 heterocycles. The summed E-state index contributed by atoms with van der Waals surface area (Å²) in [7, 11) is 1.24. The predicted octanol–water partition coefficient (Wildman–Crippen LogP) is -0.0368. The minimum absolute atomic E-state index is 0.0642. The number of methoxy groups -OCH3 is 1. The maximum Gasteiger partial charge on any atom is 0.337 e. The molecule has 12 heteroatoms. The summed E-state index contributed by atoms with van der Waals surface area (Å²) in [6.45, 7) is 0.910. The van der Waals surface area contributed by atoms with Crippen molar-refractivity contribution in [1.29, 1.82) is 0 Å². The Bertz CT molecular complexity index is 1060. The van der Waals surface area contributed by atoms with Crippen molar-refractivity contribution in [3.05, 3.63) is 47.7 Å². The van der Waals surface area contributed by atoms with Crippen molar-refractivity contribution in [2.75, 3.05) is 13.7 Å². The average molecular weight is 537 g/mol. The molecule has 0 radical (unpaired) electrons. The van der Waals surface area contributed by atoms with Gasteiger partial charge in [0, 0.05) is 12.0 Å². The maximum absolute atomic E-state index is 12.4. The van der Waals surface area contributed by atoms with E-state index in [9.17, 15) is 35.1 Å². The molecule has 3 aliphatic rings. The van der Waals surface area contributed by atoms with Crippen LogP contribution in [0.15, 0.2) is 42.2 Å². The van der Waals surface area contributed by atoms with Gasteiger partial charge in [0.15, 0.2) is 12.4 Å². The second-order valence-corrected chi connectivity index (χ2v) is 9.77. The van der Waals surface area contributed by atoms with Crippen molar-refractivity contribution < 1.29 is 58.8 Å². The third-order valence-corrected chi connectivity index (χ3v) is 7.20. The van der Waals surface area contributed by atoms with Crippen molar-refractivity contribution >= 4 is 18.0 Å². The number of carbonyl (C=O) groups is 2. The molecule has 0 spiro atoms. The Hall–Kier alpha value is -3.00. The molecule has 1 saturated heterocycles. The molecule has 38 heavy (non-hydrogen) atoms. The van der Waals surface area contributed by atoms with E-state index in [0.29, 0.717) is 18.4 Å². The van der Waals surface area contributed by atoms with Crippen molar-refractivity contribution in [2.45, 2.75) is 62.4 Å². The van der Waals surface area contributed by atoms with Gasteiger partial charge in [-0.25, -0.2) is 9.59 Å². The summed E-state index contributed by atoms with van der Waals surface area (Å²) >= 11 is 0. The van der Waals surface area contributed by atoms with E-state index >= 15 is 0 Å². The van der Waals surface area contributed by atoms with Crippen LogP contribution in [0.5, 0.6) is 5.75 Å². The molecule has 1 aliphatic carbocycles. The van der Waals surface area contributed by atoms with Gasteiger partial charge < -0.3 is 49.2 Å². The highest BCUT2D eigenvalue weighted by Crippen LogP contribution is 2.49. The first-order chi connectivity index (χ1) is 18.1. The number of phenolic OH excluding ortho intramolecular Hbond substituents is 1. The normalized spacial score (nSPS) is 36.7. The van der Waals surface area contributed by atoms with Crippen LogP contribution in [0.3, 0.4) is 0 Å². The summed E-state index contributed by atoms with van der Waals surface area (Å²) in [4.78, 5) is 24.5. The molecule has 5 N–H and O–H groups in total. The standard InChI is InChI=1S/C26H32O12/c1-26(33)10-9-15-16(23(32)34-2)12-35-24(19(15)26)38-25-21(31)20(30)22(17(11-27)36-25)37-18(29)8-5-13-3-6-14(28)7-4-13/h3-8,12,15,17,19-22,24-25,27-28,30-31,33H,9-11H2,1-2H3/t15-,17-,19-,20-,21-,22-,24+,25+,26?/m1/s1. The fourth-order valence-electron chi connectivity index (χ4n) is 5.17. The number of aromatic hydroxyl groups is 1. The highest BCUT2D eigenvalue weighted by Gasteiger charge is 2.56. The zero-order valence-corrected chi connectivity index (χ0v) is 20.9. The number of carbonyl (C=O) groups excluding carboxylic acids is 2. The van der Waals surface area contributed by atoms with E-state index in [2.05, 4.69) is 0 Å². The second-order valence-electron chi connectivity index (χ2n) is 9.77. The minimum atomic E-state index is -1.71. The maximum atomic E-state index is 12.4.